The summed E-state index contributed by atoms with van der Waals surface area (Å²) in [5.41, 5.74) is 0.685. The maximum Gasteiger partial charge on any atom is 0.0220 e. The lowest BCUT2D eigenvalue weighted by Crippen LogP contribution is -2.47. The van der Waals surface area contributed by atoms with Gasteiger partial charge in [-0.2, -0.15) is 0 Å². The Morgan fingerprint density at radius 2 is 2.06 bits per heavy atom. The summed E-state index contributed by atoms with van der Waals surface area (Å²) >= 11 is 0. The summed E-state index contributed by atoms with van der Waals surface area (Å²) in [4.78, 5) is 2.76. The van der Waals surface area contributed by atoms with E-state index in [-0.39, 0.29) is 0 Å². The smallest absolute Gasteiger partial charge is 0.0220 e. The van der Waals surface area contributed by atoms with Crippen LogP contribution in [0.15, 0.2) is 0 Å². The number of hydrogen-bond acceptors (Lipinski definition) is 2. The molecule has 1 saturated heterocycles. The lowest BCUT2D eigenvalue weighted by Gasteiger charge is -2.45. The summed E-state index contributed by atoms with van der Waals surface area (Å²) in [6.45, 7) is 12.3. The Kier molecular flexibility index (Phi) is 5.08. The summed E-state index contributed by atoms with van der Waals surface area (Å²) < 4.78 is 0. The summed E-state index contributed by atoms with van der Waals surface area (Å²) in [6.07, 6.45) is 8.42. The molecule has 1 heterocycles. The lowest BCUT2D eigenvalue weighted by molar-refractivity contribution is 0.0587. The van der Waals surface area contributed by atoms with Gasteiger partial charge in [-0.05, 0) is 50.1 Å². The summed E-state index contributed by atoms with van der Waals surface area (Å²) in [6, 6.07) is 0.714. The highest BCUT2D eigenvalue weighted by atomic mass is 15.2. The zero-order chi connectivity index (χ0) is 13.0. The van der Waals surface area contributed by atoms with E-state index in [2.05, 4.69) is 31.0 Å². The normalized spacial score (nSPS) is 30.5. The van der Waals surface area contributed by atoms with Crippen LogP contribution in [0.5, 0.6) is 0 Å². The largest absolute Gasteiger partial charge is 0.312 e. The number of hydrogen-bond donors (Lipinski definition) is 1. The molecule has 1 aliphatic heterocycles. The average molecular weight is 252 g/mol. The Balaban J connectivity index is 1.90. The van der Waals surface area contributed by atoms with Gasteiger partial charge in [-0.15, -0.1) is 0 Å². The number of rotatable bonds is 5. The van der Waals surface area contributed by atoms with Gasteiger partial charge >= 0.3 is 0 Å². The second-order valence-corrected chi connectivity index (χ2v) is 6.74. The molecule has 1 aliphatic carbocycles. The van der Waals surface area contributed by atoms with Crippen LogP contribution in [0, 0.1) is 11.3 Å². The van der Waals surface area contributed by atoms with Crippen molar-refractivity contribution in [2.24, 2.45) is 11.3 Å². The second kappa shape index (κ2) is 6.38. The molecule has 2 fully saturated rings. The summed E-state index contributed by atoms with van der Waals surface area (Å²) in [7, 11) is 0. The van der Waals surface area contributed by atoms with Crippen LogP contribution < -0.4 is 5.32 Å². The molecule has 0 aromatic carbocycles. The molecule has 2 nitrogen and oxygen atoms in total. The van der Waals surface area contributed by atoms with Gasteiger partial charge in [-0.3, -0.25) is 0 Å². The van der Waals surface area contributed by atoms with Gasteiger partial charge in [0.1, 0.15) is 0 Å². The van der Waals surface area contributed by atoms with Crippen LogP contribution >= 0.6 is 0 Å². The summed E-state index contributed by atoms with van der Waals surface area (Å²) in [5.74, 6) is 0.810. The van der Waals surface area contributed by atoms with Crippen LogP contribution in [0.1, 0.15) is 59.3 Å². The maximum atomic E-state index is 3.76. The number of nitrogens with zero attached hydrogens (tertiary/aromatic N) is 1. The van der Waals surface area contributed by atoms with E-state index in [1.54, 1.807) is 0 Å². The molecule has 2 heteroatoms. The van der Waals surface area contributed by atoms with Crippen molar-refractivity contribution in [3.63, 3.8) is 0 Å². The fourth-order valence-electron chi connectivity index (χ4n) is 3.61. The molecular formula is C16H32N2. The van der Waals surface area contributed by atoms with Gasteiger partial charge in [0, 0.05) is 19.1 Å². The molecule has 0 bridgehead atoms. The molecule has 0 spiro atoms. The molecule has 1 saturated carbocycles. The minimum absolute atomic E-state index is 0.685. The molecule has 0 aromatic rings. The van der Waals surface area contributed by atoms with Gasteiger partial charge < -0.3 is 10.2 Å². The second-order valence-electron chi connectivity index (χ2n) is 6.74. The van der Waals surface area contributed by atoms with Gasteiger partial charge in [-0.1, -0.05) is 33.6 Å². The SMILES string of the molecule is CCC(C)C1CN(CC2(CC)CCC2)CCCN1. The zero-order valence-corrected chi connectivity index (χ0v) is 12.7. The highest BCUT2D eigenvalue weighted by Crippen LogP contribution is 2.44. The predicted octanol–water partition coefficient (Wildman–Crippen LogP) is 3.28. The van der Waals surface area contributed by atoms with Crippen LogP contribution in [-0.2, 0) is 0 Å². The van der Waals surface area contributed by atoms with E-state index in [1.165, 1.54) is 64.7 Å². The molecule has 2 aliphatic rings. The van der Waals surface area contributed by atoms with Crippen LogP contribution in [0.2, 0.25) is 0 Å². The predicted molar refractivity (Wildman–Crippen MR) is 78.9 cm³/mol. The van der Waals surface area contributed by atoms with Gasteiger partial charge in [0.25, 0.3) is 0 Å². The van der Waals surface area contributed by atoms with Crippen LogP contribution in [-0.4, -0.2) is 37.1 Å². The molecule has 0 radical (unpaired) electrons. The highest BCUT2D eigenvalue weighted by Gasteiger charge is 2.37. The first-order chi connectivity index (χ1) is 8.69. The molecule has 1 N–H and O–H groups in total. The standard InChI is InChI=1S/C16H32N2/c1-4-14(3)15-12-18(11-7-10-17-15)13-16(5-2)8-6-9-16/h14-15,17H,4-13H2,1-3H3. The molecule has 18 heavy (non-hydrogen) atoms. The molecule has 2 atom stereocenters. The molecule has 0 aromatic heterocycles. The van der Waals surface area contributed by atoms with E-state index in [0.717, 1.165) is 5.92 Å². The van der Waals surface area contributed by atoms with E-state index in [9.17, 15) is 0 Å². The van der Waals surface area contributed by atoms with Crippen molar-refractivity contribution in [1.82, 2.24) is 10.2 Å². The van der Waals surface area contributed by atoms with Crippen LogP contribution in [0.3, 0.4) is 0 Å². The van der Waals surface area contributed by atoms with Crippen molar-refractivity contribution in [2.45, 2.75) is 65.3 Å². The Morgan fingerprint density at radius 3 is 2.61 bits per heavy atom. The molecular weight excluding hydrogens is 220 g/mol. The van der Waals surface area contributed by atoms with Crippen molar-refractivity contribution in [3.05, 3.63) is 0 Å². The first kappa shape index (κ1) is 14.3. The van der Waals surface area contributed by atoms with E-state index in [0.29, 0.717) is 11.5 Å². The zero-order valence-electron chi connectivity index (χ0n) is 12.7. The van der Waals surface area contributed by atoms with Crippen LogP contribution in [0.25, 0.3) is 0 Å². The third-order valence-corrected chi connectivity index (χ3v) is 5.57. The number of nitrogens with one attached hydrogen (secondary N) is 1. The van der Waals surface area contributed by atoms with Crippen molar-refractivity contribution in [3.8, 4) is 0 Å². The third kappa shape index (κ3) is 3.27. The molecule has 2 rings (SSSR count). The molecule has 106 valence electrons. The first-order valence-corrected chi connectivity index (χ1v) is 8.15. The van der Waals surface area contributed by atoms with E-state index in [1.807, 2.05) is 0 Å². The van der Waals surface area contributed by atoms with E-state index < -0.39 is 0 Å². The maximum absolute atomic E-state index is 3.76. The molecule has 0 amide bonds. The minimum atomic E-state index is 0.685. The van der Waals surface area contributed by atoms with Gasteiger partial charge in [0.05, 0.1) is 0 Å². The van der Waals surface area contributed by atoms with Crippen molar-refractivity contribution >= 4 is 0 Å². The Hall–Kier alpha value is -0.0800. The van der Waals surface area contributed by atoms with Crippen molar-refractivity contribution < 1.29 is 0 Å². The highest BCUT2D eigenvalue weighted by molar-refractivity contribution is 4.91. The van der Waals surface area contributed by atoms with Crippen molar-refractivity contribution in [2.75, 3.05) is 26.2 Å². The first-order valence-electron chi connectivity index (χ1n) is 8.15. The Morgan fingerprint density at radius 1 is 1.28 bits per heavy atom. The Bertz CT molecular complexity index is 242. The van der Waals surface area contributed by atoms with Crippen LogP contribution in [0.4, 0.5) is 0 Å². The average Bonchev–Trinajstić information content (AvgIpc) is 2.58. The van der Waals surface area contributed by atoms with Gasteiger partial charge in [0.2, 0.25) is 0 Å². The van der Waals surface area contributed by atoms with Gasteiger partial charge in [-0.25, -0.2) is 0 Å². The fraction of sp³-hybridized carbons (Fsp3) is 1.00. The fourth-order valence-corrected chi connectivity index (χ4v) is 3.61. The van der Waals surface area contributed by atoms with E-state index >= 15 is 0 Å². The van der Waals surface area contributed by atoms with Gasteiger partial charge in [0.15, 0.2) is 0 Å². The lowest BCUT2D eigenvalue weighted by atomic mass is 9.66. The topological polar surface area (TPSA) is 15.3 Å². The monoisotopic (exact) mass is 252 g/mol. The minimum Gasteiger partial charge on any atom is -0.312 e. The Labute approximate surface area is 114 Å². The van der Waals surface area contributed by atoms with Crippen molar-refractivity contribution in [1.29, 1.82) is 0 Å². The van der Waals surface area contributed by atoms with E-state index in [4.69, 9.17) is 0 Å². The summed E-state index contributed by atoms with van der Waals surface area (Å²) in [5, 5.41) is 3.76. The quantitative estimate of drug-likeness (QED) is 0.808. The third-order valence-electron chi connectivity index (χ3n) is 5.57. The molecule has 2 unspecified atom stereocenters.